The number of nitrogens with one attached hydrogen (secondary N) is 1. The summed E-state index contributed by atoms with van der Waals surface area (Å²) in [5.41, 5.74) is -0.604. The van der Waals surface area contributed by atoms with Crippen LogP contribution < -0.4 is 5.32 Å². The Bertz CT molecular complexity index is 190. The van der Waals surface area contributed by atoms with Gasteiger partial charge >= 0.3 is 0 Å². The predicted octanol–water partition coefficient (Wildman–Crippen LogP) is 1.55. The summed E-state index contributed by atoms with van der Waals surface area (Å²) in [5.74, 6) is 0.265. The second-order valence-corrected chi connectivity index (χ2v) is 5.87. The maximum Gasteiger partial charge on any atom is 0.0793 e. The van der Waals surface area contributed by atoms with Gasteiger partial charge in [-0.3, -0.25) is 0 Å². The summed E-state index contributed by atoms with van der Waals surface area (Å²) in [7, 11) is 0. The highest BCUT2D eigenvalue weighted by molar-refractivity contribution is 4.88. The number of aliphatic hydroxyl groups is 1. The lowest BCUT2D eigenvalue weighted by Gasteiger charge is -2.37. The van der Waals surface area contributed by atoms with Gasteiger partial charge in [-0.15, -0.1) is 0 Å². The van der Waals surface area contributed by atoms with Gasteiger partial charge in [-0.25, -0.2) is 0 Å². The van der Waals surface area contributed by atoms with Crippen molar-refractivity contribution in [3.05, 3.63) is 0 Å². The van der Waals surface area contributed by atoms with Gasteiger partial charge in [0.1, 0.15) is 0 Å². The van der Waals surface area contributed by atoms with Crippen LogP contribution in [0.25, 0.3) is 0 Å². The molecule has 0 amide bonds. The van der Waals surface area contributed by atoms with Gasteiger partial charge in [0.25, 0.3) is 0 Å². The molecule has 0 aliphatic carbocycles. The Labute approximate surface area is 93.2 Å². The van der Waals surface area contributed by atoms with E-state index in [1.54, 1.807) is 0 Å². The van der Waals surface area contributed by atoms with Crippen molar-refractivity contribution in [3.8, 4) is 0 Å². The van der Waals surface area contributed by atoms with Crippen LogP contribution in [0.15, 0.2) is 0 Å². The Morgan fingerprint density at radius 3 is 2.47 bits per heavy atom. The molecule has 2 unspecified atom stereocenters. The van der Waals surface area contributed by atoms with Gasteiger partial charge in [-0.2, -0.15) is 0 Å². The Morgan fingerprint density at radius 2 is 2.00 bits per heavy atom. The van der Waals surface area contributed by atoms with E-state index in [-0.39, 0.29) is 11.5 Å². The normalized spacial score (nSPS) is 27.4. The Hall–Kier alpha value is -0.120. The van der Waals surface area contributed by atoms with Crippen molar-refractivity contribution in [1.29, 1.82) is 0 Å². The van der Waals surface area contributed by atoms with Crippen molar-refractivity contribution in [1.82, 2.24) is 5.32 Å². The molecule has 0 saturated carbocycles. The predicted molar refractivity (Wildman–Crippen MR) is 61.9 cm³/mol. The second kappa shape index (κ2) is 4.81. The standard InChI is InChI=1S/C12H25NO2/c1-11(2,3)13-9-12(4,14)10-6-5-7-15-8-10/h10,13-14H,5-9H2,1-4H3. The van der Waals surface area contributed by atoms with E-state index in [1.165, 1.54) is 0 Å². The molecular formula is C12H25NO2. The van der Waals surface area contributed by atoms with Crippen molar-refractivity contribution in [2.24, 2.45) is 5.92 Å². The zero-order valence-electron chi connectivity index (χ0n) is 10.5. The third kappa shape index (κ3) is 4.49. The highest BCUT2D eigenvalue weighted by Crippen LogP contribution is 2.25. The maximum atomic E-state index is 10.4. The molecule has 15 heavy (non-hydrogen) atoms. The first kappa shape index (κ1) is 12.9. The summed E-state index contributed by atoms with van der Waals surface area (Å²) in [4.78, 5) is 0. The van der Waals surface area contributed by atoms with Crippen molar-refractivity contribution in [2.45, 2.75) is 51.7 Å². The van der Waals surface area contributed by atoms with E-state index >= 15 is 0 Å². The molecule has 2 atom stereocenters. The minimum atomic E-state index is -0.659. The summed E-state index contributed by atoms with van der Waals surface area (Å²) >= 11 is 0. The smallest absolute Gasteiger partial charge is 0.0793 e. The third-order valence-electron chi connectivity index (χ3n) is 3.02. The van der Waals surface area contributed by atoms with Gasteiger partial charge in [-0.1, -0.05) is 0 Å². The molecule has 1 heterocycles. The molecule has 90 valence electrons. The van der Waals surface area contributed by atoms with Crippen molar-refractivity contribution < 1.29 is 9.84 Å². The quantitative estimate of drug-likeness (QED) is 0.750. The second-order valence-electron chi connectivity index (χ2n) is 5.87. The van der Waals surface area contributed by atoms with Crippen molar-refractivity contribution in [3.63, 3.8) is 0 Å². The SMILES string of the molecule is CC(C)(C)NCC(C)(O)C1CCCOC1. The first-order valence-electron chi connectivity index (χ1n) is 5.86. The molecule has 0 radical (unpaired) electrons. The third-order valence-corrected chi connectivity index (χ3v) is 3.02. The fourth-order valence-electron chi connectivity index (χ4n) is 1.82. The van der Waals surface area contributed by atoms with Gasteiger partial charge < -0.3 is 15.2 Å². The van der Waals surface area contributed by atoms with Crippen LogP contribution in [-0.2, 0) is 4.74 Å². The van der Waals surface area contributed by atoms with Crippen LogP contribution in [0.1, 0.15) is 40.5 Å². The molecule has 0 bridgehead atoms. The fraction of sp³-hybridized carbons (Fsp3) is 1.00. The topological polar surface area (TPSA) is 41.5 Å². The summed E-state index contributed by atoms with van der Waals surface area (Å²) in [6.45, 7) is 10.4. The Balaban J connectivity index is 2.42. The number of ether oxygens (including phenoxy) is 1. The summed E-state index contributed by atoms with van der Waals surface area (Å²) < 4.78 is 5.41. The molecule has 0 aromatic rings. The molecule has 0 aromatic carbocycles. The monoisotopic (exact) mass is 215 g/mol. The summed E-state index contributed by atoms with van der Waals surface area (Å²) in [6.07, 6.45) is 2.13. The molecule has 1 aliphatic rings. The van der Waals surface area contributed by atoms with E-state index in [1.807, 2.05) is 6.92 Å². The van der Waals surface area contributed by atoms with Crippen LogP contribution in [0, 0.1) is 5.92 Å². The van der Waals surface area contributed by atoms with Gasteiger partial charge in [0, 0.05) is 24.6 Å². The molecular weight excluding hydrogens is 190 g/mol. The van der Waals surface area contributed by atoms with Crippen LogP contribution in [0.5, 0.6) is 0 Å². The molecule has 3 heteroatoms. The summed E-state index contributed by atoms with van der Waals surface area (Å²) in [6, 6.07) is 0. The number of β-amino-alcohol motifs (C(OH)–C–C–N with tert-alkyl or cyclic N) is 1. The van der Waals surface area contributed by atoms with E-state index < -0.39 is 5.60 Å². The van der Waals surface area contributed by atoms with E-state index in [0.717, 1.165) is 19.4 Å². The molecule has 2 N–H and O–H groups in total. The van der Waals surface area contributed by atoms with Crippen LogP contribution in [-0.4, -0.2) is 36.0 Å². The minimum Gasteiger partial charge on any atom is -0.388 e. The molecule has 1 rings (SSSR count). The van der Waals surface area contributed by atoms with E-state index in [4.69, 9.17) is 4.74 Å². The van der Waals surface area contributed by atoms with E-state index in [2.05, 4.69) is 26.1 Å². The molecule has 1 aliphatic heterocycles. The Kier molecular flexibility index (Phi) is 4.15. The van der Waals surface area contributed by atoms with Crippen LogP contribution in [0.3, 0.4) is 0 Å². The minimum absolute atomic E-state index is 0.0551. The maximum absolute atomic E-state index is 10.4. The van der Waals surface area contributed by atoms with E-state index in [0.29, 0.717) is 13.2 Å². The zero-order chi connectivity index (χ0) is 11.5. The molecule has 0 spiro atoms. The first-order valence-corrected chi connectivity index (χ1v) is 5.86. The van der Waals surface area contributed by atoms with Crippen LogP contribution >= 0.6 is 0 Å². The number of hydrogen-bond donors (Lipinski definition) is 2. The van der Waals surface area contributed by atoms with Gasteiger partial charge in [0.15, 0.2) is 0 Å². The first-order chi connectivity index (χ1) is 6.81. The van der Waals surface area contributed by atoms with Crippen LogP contribution in [0.2, 0.25) is 0 Å². The van der Waals surface area contributed by atoms with E-state index in [9.17, 15) is 5.11 Å². The highest BCUT2D eigenvalue weighted by atomic mass is 16.5. The zero-order valence-corrected chi connectivity index (χ0v) is 10.5. The average Bonchev–Trinajstić information content (AvgIpc) is 2.16. The lowest BCUT2D eigenvalue weighted by molar-refractivity contribution is -0.0686. The molecule has 1 fully saturated rings. The van der Waals surface area contributed by atoms with Gasteiger partial charge in [0.05, 0.1) is 12.2 Å². The van der Waals surface area contributed by atoms with Gasteiger partial charge in [-0.05, 0) is 40.5 Å². The van der Waals surface area contributed by atoms with Crippen LogP contribution in [0.4, 0.5) is 0 Å². The largest absolute Gasteiger partial charge is 0.388 e. The Morgan fingerprint density at radius 1 is 1.33 bits per heavy atom. The average molecular weight is 215 g/mol. The molecule has 1 saturated heterocycles. The van der Waals surface area contributed by atoms with Crippen molar-refractivity contribution >= 4 is 0 Å². The van der Waals surface area contributed by atoms with Crippen molar-refractivity contribution in [2.75, 3.05) is 19.8 Å². The summed E-state index contributed by atoms with van der Waals surface area (Å²) in [5, 5.41) is 13.7. The fourth-order valence-corrected chi connectivity index (χ4v) is 1.82. The number of rotatable bonds is 3. The molecule has 3 nitrogen and oxygen atoms in total. The van der Waals surface area contributed by atoms with Gasteiger partial charge in [0.2, 0.25) is 0 Å². The lowest BCUT2D eigenvalue weighted by Crippen LogP contribution is -2.51. The molecule has 0 aromatic heterocycles. The highest BCUT2D eigenvalue weighted by Gasteiger charge is 2.33. The lowest BCUT2D eigenvalue weighted by atomic mass is 9.84. The number of hydrogen-bond acceptors (Lipinski definition) is 3.